The molecule has 4 nitrogen and oxygen atoms in total. The summed E-state index contributed by atoms with van der Waals surface area (Å²) in [5.41, 5.74) is 7.33. The maximum Gasteiger partial charge on any atom is 0.265 e. The van der Waals surface area contributed by atoms with Gasteiger partial charge in [-0.2, -0.15) is 0 Å². The first-order chi connectivity index (χ1) is 15.2. The highest BCUT2D eigenvalue weighted by Crippen LogP contribution is 2.41. The molecule has 5 rings (SSSR count). The number of amides is 1. The molecule has 3 aromatic rings. The minimum absolute atomic E-state index is 0.0871. The number of hydrazine groups is 1. The Balaban J connectivity index is 1.55. The van der Waals surface area contributed by atoms with Crippen LogP contribution in [0, 0.1) is 0 Å². The lowest BCUT2D eigenvalue weighted by Gasteiger charge is -2.26. The van der Waals surface area contributed by atoms with Crippen molar-refractivity contribution < 1.29 is 4.79 Å². The van der Waals surface area contributed by atoms with E-state index in [0.29, 0.717) is 10.6 Å². The summed E-state index contributed by atoms with van der Waals surface area (Å²) in [4.78, 5) is 20.1. The van der Waals surface area contributed by atoms with E-state index in [0.717, 1.165) is 58.2 Å². The van der Waals surface area contributed by atoms with E-state index in [-0.39, 0.29) is 5.91 Å². The van der Waals surface area contributed by atoms with Gasteiger partial charge in [-0.05, 0) is 49.2 Å². The number of nitrogens with one attached hydrogen (secondary N) is 1. The minimum Gasteiger partial charge on any atom is -0.285 e. The van der Waals surface area contributed by atoms with Crippen LogP contribution in [-0.4, -0.2) is 29.7 Å². The van der Waals surface area contributed by atoms with E-state index in [1.54, 1.807) is 11.8 Å². The third-order valence-corrected chi connectivity index (χ3v) is 6.91. The molecule has 1 amide bonds. The predicted molar refractivity (Wildman–Crippen MR) is 127 cm³/mol. The SMILES string of the molecule is O=C(NN1CCCCC1)c1ccc2c(c1)N=C(c1cccc(Cl)c1)c1ccccc1S2. The number of fused-ring (bicyclic) bond motifs is 2. The quantitative estimate of drug-likeness (QED) is 0.412. The molecule has 2 aliphatic rings. The Hall–Kier alpha value is -2.60. The minimum atomic E-state index is -0.0871. The number of benzene rings is 3. The number of hydrogen-bond donors (Lipinski definition) is 1. The fourth-order valence-corrected chi connectivity index (χ4v) is 5.15. The van der Waals surface area contributed by atoms with Crippen molar-refractivity contribution in [2.45, 2.75) is 29.1 Å². The van der Waals surface area contributed by atoms with Gasteiger partial charge in [-0.15, -0.1) is 0 Å². The van der Waals surface area contributed by atoms with Crippen molar-refractivity contribution >= 4 is 40.7 Å². The highest BCUT2D eigenvalue weighted by atomic mass is 35.5. The first-order valence-corrected chi connectivity index (χ1v) is 11.7. The van der Waals surface area contributed by atoms with Crippen molar-refractivity contribution in [3.63, 3.8) is 0 Å². The number of nitrogens with zero attached hydrogens (tertiary/aromatic N) is 2. The van der Waals surface area contributed by atoms with E-state index in [1.807, 2.05) is 59.6 Å². The average Bonchev–Trinajstić information content (AvgIpc) is 2.96. The standard InChI is InChI=1S/C25H22ClN3OS/c26-19-8-6-7-17(15-19)24-20-9-2-3-10-22(20)31-23-12-11-18(16-21(23)27-24)25(30)28-29-13-4-1-5-14-29/h2-3,6-12,15-16H,1,4-5,13-14H2,(H,28,30). The number of aliphatic imine (C=N–C) groups is 1. The number of piperidine rings is 1. The molecule has 6 heteroatoms. The zero-order chi connectivity index (χ0) is 21.2. The fourth-order valence-electron chi connectivity index (χ4n) is 3.95. The monoisotopic (exact) mass is 447 g/mol. The molecule has 1 fully saturated rings. The van der Waals surface area contributed by atoms with E-state index in [4.69, 9.17) is 16.6 Å². The van der Waals surface area contributed by atoms with Crippen LogP contribution < -0.4 is 5.43 Å². The number of rotatable bonds is 3. The fraction of sp³-hybridized carbons (Fsp3) is 0.200. The molecule has 0 radical (unpaired) electrons. The molecule has 1 N–H and O–H groups in total. The lowest BCUT2D eigenvalue weighted by molar-refractivity contribution is 0.0750. The van der Waals surface area contributed by atoms with Crippen molar-refractivity contribution in [1.82, 2.24) is 10.4 Å². The molecule has 0 aliphatic carbocycles. The molecule has 0 atom stereocenters. The molecule has 3 aromatic carbocycles. The molecule has 0 unspecified atom stereocenters. The summed E-state index contributed by atoms with van der Waals surface area (Å²) in [7, 11) is 0. The summed E-state index contributed by atoms with van der Waals surface area (Å²) >= 11 is 7.95. The zero-order valence-corrected chi connectivity index (χ0v) is 18.5. The Labute approximate surface area is 191 Å². The largest absolute Gasteiger partial charge is 0.285 e. The molecule has 0 aromatic heterocycles. The average molecular weight is 448 g/mol. The number of carbonyl (C=O) groups excluding carboxylic acids is 1. The topological polar surface area (TPSA) is 44.7 Å². The first-order valence-electron chi connectivity index (χ1n) is 10.5. The maximum atomic E-state index is 12.9. The van der Waals surface area contributed by atoms with Gasteiger partial charge in [0.2, 0.25) is 0 Å². The number of halogens is 1. The van der Waals surface area contributed by atoms with E-state index in [1.165, 1.54) is 6.42 Å². The highest BCUT2D eigenvalue weighted by molar-refractivity contribution is 7.99. The zero-order valence-electron chi connectivity index (χ0n) is 17.0. The van der Waals surface area contributed by atoms with Crippen LogP contribution in [0.2, 0.25) is 5.02 Å². The second kappa shape index (κ2) is 8.87. The van der Waals surface area contributed by atoms with Gasteiger partial charge in [0, 0.05) is 44.6 Å². The molecule has 31 heavy (non-hydrogen) atoms. The second-order valence-electron chi connectivity index (χ2n) is 7.74. The van der Waals surface area contributed by atoms with Crippen LogP contribution in [0.5, 0.6) is 0 Å². The summed E-state index contributed by atoms with van der Waals surface area (Å²) in [5.74, 6) is -0.0871. The van der Waals surface area contributed by atoms with Crippen LogP contribution in [0.4, 0.5) is 5.69 Å². The molecule has 0 bridgehead atoms. The molecular weight excluding hydrogens is 426 g/mol. The molecule has 1 saturated heterocycles. The van der Waals surface area contributed by atoms with Crippen molar-refractivity contribution in [1.29, 1.82) is 0 Å². The van der Waals surface area contributed by atoms with Gasteiger partial charge in [-0.25, -0.2) is 10.0 Å². The third-order valence-electron chi connectivity index (χ3n) is 5.53. The Morgan fingerprint density at radius 3 is 2.61 bits per heavy atom. The molecule has 0 spiro atoms. The Morgan fingerprint density at radius 2 is 1.77 bits per heavy atom. The lowest BCUT2D eigenvalue weighted by Crippen LogP contribution is -2.45. The van der Waals surface area contributed by atoms with E-state index >= 15 is 0 Å². The highest BCUT2D eigenvalue weighted by Gasteiger charge is 2.21. The summed E-state index contributed by atoms with van der Waals surface area (Å²) in [6.45, 7) is 1.80. The predicted octanol–water partition coefficient (Wildman–Crippen LogP) is 6.10. The van der Waals surface area contributed by atoms with E-state index in [2.05, 4.69) is 17.6 Å². The summed E-state index contributed by atoms with van der Waals surface area (Å²) in [5, 5.41) is 2.69. The van der Waals surface area contributed by atoms with Crippen LogP contribution in [-0.2, 0) is 0 Å². The molecular formula is C25H22ClN3OS. The smallest absolute Gasteiger partial charge is 0.265 e. The first kappa shape index (κ1) is 20.3. The normalized spacial score (nSPS) is 16.0. The van der Waals surface area contributed by atoms with Gasteiger partial charge in [0.15, 0.2) is 0 Å². The van der Waals surface area contributed by atoms with Crippen LogP contribution >= 0.6 is 23.4 Å². The number of hydrogen-bond acceptors (Lipinski definition) is 4. The van der Waals surface area contributed by atoms with Gasteiger partial charge in [0.05, 0.1) is 11.4 Å². The van der Waals surface area contributed by atoms with E-state index < -0.39 is 0 Å². The van der Waals surface area contributed by atoms with E-state index in [9.17, 15) is 4.79 Å². The maximum absolute atomic E-state index is 12.9. The molecule has 156 valence electrons. The van der Waals surface area contributed by atoms with Gasteiger partial charge < -0.3 is 0 Å². The van der Waals surface area contributed by atoms with Crippen molar-refractivity contribution in [3.8, 4) is 0 Å². The van der Waals surface area contributed by atoms with Crippen molar-refractivity contribution in [2.75, 3.05) is 13.1 Å². The molecule has 0 saturated carbocycles. The van der Waals surface area contributed by atoms with Gasteiger partial charge >= 0.3 is 0 Å². The summed E-state index contributed by atoms with van der Waals surface area (Å²) < 4.78 is 0. The number of carbonyl (C=O) groups is 1. The van der Waals surface area contributed by atoms with Gasteiger partial charge in [0.1, 0.15) is 0 Å². The second-order valence-corrected chi connectivity index (χ2v) is 9.26. The Bertz CT molecular complexity index is 1170. The van der Waals surface area contributed by atoms with Gasteiger partial charge in [0.25, 0.3) is 5.91 Å². The lowest BCUT2D eigenvalue weighted by atomic mass is 10.0. The van der Waals surface area contributed by atoms with Crippen LogP contribution in [0.3, 0.4) is 0 Å². The Kier molecular flexibility index (Phi) is 5.81. The van der Waals surface area contributed by atoms with Crippen LogP contribution in [0.15, 0.2) is 81.5 Å². The Morgan fingerprint density at radius 1 is 0.935 bits per heavy atom. The van der Waals surface area contributed by atoms with Crippen LogP contribution in [0.1, 0.15) is 40.7 Å². The third kappa shape index (κ3) is 4.40. The summed E-state index contributed by atoms with van der Waals surface area (Å²) in [6, 6.07) is 21.7. The van der Waals surface area contributed by atoms with Crippen molar-refractivity contribution in [3.05, 3.63) is 88.4 Å². The summed E-state index contributed by atoms with van der Waals surface area (Å²) in [6.07, 6.45) is 3.46. The molecule has 2 heterocycles. The van der Waals surface area contributed by atoms with Crippen molar-refractivity contribution in [2.24, 2.45) is 4.99 Å². The van der Waals surface area contributed by atoms with Gasteiger partial charge in [-0.1, -0.05) is 60.1 Å². The molecule has 2 aliphatic heterocycles. The van der Waals surface area contributed by atoms with Crippen LogP contribution in [0.25, 0.3) is 0 Å². The van der Waals surface area contributed by atoms with Gasteiger partial charge in [-0.3, -0.25) is 10.2 Å².